The Balaban J connectivity index is 2.65. The van der Waals surface area contributed by atoms with Crippen molar-refractivity contribution in [3.8, 4) is 11.4 Å². The Morgan fingerprint density at radius 3 is 2.65 bits per heavy atom. The summed E-state index contributed by atoms with van der Waals surface area (Å²) in [6, 6.07) is 4.62. The maximum atomic E-state index is 13.7. The SMILES string of the molecule is Cc1nc(-c2ccc(Br)cc2F)[nH]c(=O)c1C. The van der Waals surface area contributed by atoms with E-state index >= 15 is 0 Å². The van der Waals surface area contributed by atoms with Crippen molar-refractivity contribution in [3.63, 3.8) is 0 Å². The van der Waals surface area contributed by atoms with Crippen molar-refractivity contribution in [2.45, 2.75) is 13.8 Å². The Labute approximate surface area is 106 Å². The standard InChI is InChI=1S/C12H10BrFN2O/c1-6-7(2)15-11(16-12(6)17)9-4-3-8(13)5-10(9)14/h3-5H,1-2H3,(H,15,16,17). The predicted octanol–water partition coefficient (Wildman–Crippen LogP) is 2.96. The summed E-state index contributed by atoms with van der Waals surface area (Å²) >= 11 is 3.18. The average Bonchev–Trinajstić information content (AvgIpc) is 2.25. The van der Waals surface area contributed by atoms with E-state index in [-0.39, 0.29) is 16.9 Å². The lowest BCUT2D eigenvalue weighted by atomic mass is 10.2. The van der Waals surface area contributed by atoms with E-state index in [9.17, 15) is 9.18 Å². The molecule has 2 rings (SSSR count). The third-order valence-electron chi connectivity index (χ3n) is 2.58. The first-order chi connectivity index (χ1) is 7.99. The number of hydrogen-bond donors (Lipinski definition) is 1. The fourth-order valence-electron chi connectivity index (χ4n) is 1.45. The number of aromatic nitrogens is 2. The van der Waals surface area contributed by atoms with Gasteiger partial charge in [0.2, 0.25) is 0 Å². The summed E-state index contributed by atoms with van der Waals surface area (Å²) in [7, 11) is 0. The van der Waals surface area contributed by atoms with Crippen molar-refractivity contribution >= 4 is 15.9 Å². The molecule has 0 saturated heterocycles. The second kappa shape index (κ2) is 4.41. The quantitative estimate of drug-likeness (QED) is 0.879. The average molecular weight is 297 g/mol. The van der Waals surface area contributed by atoms with Gasteiger partial charge in [0.15, 0.2) is 0 Å². The van der Waals surface area contributed by atoms with Crippen LogP contribution in [0.1, 0.15) is 11.3 Å². The molecular weight excluding hydrogens is 287 g/mol. The molecular formula is C12H10BrFN2O. The first kappa shape index (κ1) is 12.0. The Hall–Kier alpha value is -1.49. The van der Waals surface area contributed by atoms with Crippen LogP contribution in [0.4, 0.5) is 4.39 Å². The van der Waals surface area contributed by atoms with Gasteiger partial charge >= 0.3 is 0 Å². The summed E-state index contributed by atoms with van der Waals surface area (Å²) in [6.07, 6.45) is 0. The highest BCUT2D eigenvalue weighted by Crippen LogP contribution is 2.22. The fraction of sp³-hybridized carbons (Fsp3) is 0.167. The van der Waals surface area contributed by atoms with Gasteiger partial charge in [-0.15, -0.1) is 0 Å². The van der Waals surface area contributed by atoms with Crippen molar-refractivity contribution in [1.82, 2.24) is 9.97 Å². The summed E-state index contributed by atoms with van der Waals surface area (Å²) in [5.41, 5.74) is 1.19. The first-order valence-electron chi connectivity index (χ1n) is 5.02. The summed E-state index contributed by atoms with van der Waals surface area (Å²) in [6.45, 7) is 3.41. The molecule has 0 bridgehead atoms. The molecule has 88 valence electrons. The number of aryl methyl sites for hydroxylation is 1. The molecule has 1 aromatic carbocycles. The summed E-state index contributed by atoms with van der Waals surface area (Å²) in [4.78, 5) is 18.3. The van der Waals surface area contributed by atoms with Gasteiger partial charge in [0.05, 0.1) is 5.56 Å². The van der Waals surface area contributed by atoms with E-state index in [4.69, 9.17) is 0 Å². The highest BCUT2D eigenvalue weighted by Gasteiger charge is 2.10. The third kappa shape index (κ3) is 2.29. The predicted molar refractivity (Wildman–Crippen MR) is 67.4 cm³/mol. The maximum absolute atomic E-state index is 13.7. The largest absolute Gasteiger partial charge is 0.306 e. The third-order valence-corrected chi connectivity index (χ3v) is 3.07. The van der Waals surface area contributed by atoms with E-state index in [1.807, 2.05) is 0 Å². The normalized spacial score (nSPS) is 10.6. The Morgan fingerprint density at radius 1 is 1.35 bits per heavy atom. The molecule has 0 aliphatic heterocycles. The van der Waals surface area contributed by atoms with Crippen molar-refractivity contribution in [2.24, 2.45) is 0 Å². The van der Waals surface area contributed by atoms with Crippen LogP contribution in [-0.2, 0) is 0 Å². The van der Waals surface area contributed by atoms with E-state index in [1.165, 1.54) is 6.07 Å². The van der Waals surface area contributed by atoms with Crippen LogP contribution in [-0.4, -0.2) is 9.97 Å². The van der Waals surface area contributed by atoms with E-state index < -0.39 is 5.82 Å². The molecule has 1 aromatic heterocycles. The van der Waals surface area contributed by atoms with Crippen molar-refractivity contribution in [2.75, 3.05) is 0 Å². The number of halogens is 2. The van der Waals surface area contributed by atoms with Crippen LogP contribution in [0.15, 0.2) is 27.5 Å². The van der Waals surface area contributed by atoms with Gasteiger partial charge in [-0.2, -0.15) is 0 Å². The monoisotopic (exact) mass is 296 g/mol. The molecule has 0 unspecified atom stereocenters. The molecule has 0 amide bonds. The summed E-state index contributed by atoms with van der Waals surface area (Å²) < 4.78 is 14.4. The van der Waals surface area contributed by atoms with Crippen LogP contribution in [0.2, 0.25) is 0 Å². The molecule has 0 saturated carbocycles. The maximum Gasteiger partial charge on any atom is 0.254 e. The van der Waals surface area contributed by atoms with Crippen LogP contribution in [0, 0.1) is 19.7 Å². The molecule has 3 nitrogen and oxygen atoms in total. The van der Waals surface area contributed by atoms with Gasteiger partial charge in [0.25, 0.3) is 5.56 Å². The molecule has 0 atom stereocenters. The van der Waals surface area contributed by atoms with Gasteiger partial charge in [0, 0.05) is 15.7 Å². The Morgan fingerprint density at radius 2 is 2.06 bits per heavy atom. The van der Waals surface area contributed by atoms with E-state index in [0.717, 1.165) is 0 Å². The van der Waals surface area contributed by atoms with Gasteiger partial charge in [-0.05, 0) is 32.0 Å². The topological polar surface area (TPSA) is 45.8 Å². The van der Waals surface area contributed by atoms with Gasteiger partial charge < -0.3 is 4.98 Å². The number of hydrogen-bond acceptors (Lipinski definition) is 2. The van der Waals surface area contributed by atoms with Crippen molar-refractivity contribution in [1.29, 1.82) is 0 Å². The molecule has 1 heterocycles. The molecule has 0 radical (unpaired) electrons. The van der Waals surface area contributed by atoms with Gasteiger partial charge in [-0.25, -0.2) is 9.37 Å². The molecule has 5 heteroatoms. The molecule has 0 aliphatic rings. The van der Waals surface area contributed by atoms with E-state index in [0.29, 0.717) is 15.7 Å². The molecule has 2 aromatic rings. The van der Waals surface area contributed by atoms with E-state index in [1.54, 1.807) is 26.0 Å². The van der Waals surface area contributed by atoms with Crippen LogP contribution in [0.5, 0.6) is 0 Å². The van der Waals surface area contributed by atoms with Crippen LogP contribution in [0.3, 0.4) is 0 Å². The molecule has 1 N–H and O–H groups in total. The minimum atomic E-state index is -0.425. The van der Waals surface area contributed by atoms with Crippen molar-refractivity contribution in [3.05, 3.63) is 50.1 Å². The smallest absolute Gasteiger partial charge is 0.254 e. The Kier molecular flexibility index (Phi) is 3.11. The van der Waals surface area contributed by atoms with Gasteiger partial charge in [-0.3, -0.25) is 4.79 Å². The fourth-order valence-corrected chi connectivity index (χ4v) is 1.79. The minimum absolute atomic E-state index is 0.241. The number of rotatable bonds is 1. The van der Waals surface area contributed by atoms with Crippen LogP contribution < -0.4 is 5.56 Å². The second-order valence-corrected chi connectivity index (χ2v) is 4.66. The molecule has 0 fully saturated rings. The highest BCUT2D eigenvalue weighted by atomic mass is 79.9. The number of nitrogens with zero attached hydrogens (tertiary/aromatic N) is 1. The van der Waals surface area contributed by atoms with E-state index in [2.05, 4.69) is 25.9 Å². The lowest BCUT2D eigenvalue weighted by molar-refractivity contribution is 0.629. The van der Waals surface area contributed by atoms with Crippen LogP contribution >= 0.6 is 15.9 Å². The number of benzene rings is 1. The summed E-state index contributed by atoms with van der Waals surface area (Å²) in [5.74, 6) is -0.172. The second-order valence-electron chi connectivity index (χ2n) is 3.75. The zero-order valence-electron chi connectivity index (χ0n) is 9.34. The van der Waals surface area contributed by atoms with Gasteiger partial charge in [-0.1, -0.05) is 15.9 Å². The molecule has 0 spiro atoms. The van der Waals surface area contributed by atoms with Gasteiger partial charge in [0.1, 0.15) is 11.6 Å². The highest BCUT2D eigenvalue weighted by molar-refractivity contribution is 9.10. The lowest BCUT2D eigenvalue weighted by Gasteiger charge is -2.05. The molecule has 0 aliphatic carbocycles. The van der Waals surface area contributed by atoms with Crippen molar-refractivity contribution < 1.29 is 4.39 Å². The number of nitrogens with one attached hydrogen (secondary N) is 1. The lowest BCUT2D eigenvalue weighted by Crippen LogP contribution is -2.14. The first-order valence-corrected chi connectivity index (χ1v) is 5.81. The zero-order chi connectivity index (χ0) is 12.6. The Bertz CT molecular complexity index is 637. The summed E-state index contributed by atoms with van der Waals surface area (Å²) in [5, 5.41) is 0. The molecule has 17 heavy (non-hydrogen) atoms. The zero-order valence-corrected chi connectivity index (χ0v) is 10.9. The number of H-pyrrole nitrogens is 1. The number of aromatic amines is 1. The minimum Gasteiger partial charge on any atom is -0.306 e. The van der Waals surface area contributed by atoms with Crippen LogP contribution in [0.25, 0.3) is 11.4 Å².